The van der Waals surface area contributed by atoms with Gasteiger partial charge in [0.25, 0.3) is 0 Å². The largest absolute Gasteiger partial charge is 0.375 e. The minimum atomic E-state index is -0.613. The highest BCUT2D eigenvalue weighted by Crippen LogP contribution is 2.34. The lowest BCUT2D eigenvalue weighted by molar-refractivity contribution is -0.131. The van der Waals surface area contributed by atoms with Gasteiger partial charge in [0.15, 0.2) is 5.13 Å². The molecule has 0 unspecified atom stereocenters. The van der Waals surface area contributed by atoms with Gasteiger partial charge in [-0.3, -0.25) is 4.79 Å². The van der Waals surface area contributed by atoms with Gasteiger partial charge in [-0.1, -0.05) is 30.6 Å². The molecule has 0 spiro atoms. The van der Waals surface area contributed by atoms with E-state index in [0.717, 1.165) is 42.0 Å². The van der Waals surface area contributed by atoms with E-state index >= 15 is 0 Å². The molecular formula is C14H20N4OS2. The fourth-order valence-electron chi connectivity index (χ4n) is 2.66. The van der Waals surface area contributed by atoms with Gasteiger partial charge in [0.05, 0.1) is 21.7 Å². The summed E-state index contributed by atoms with van der Waals surface area (Å²) in [5.41, 5.74) is 5.91. The van der Waals surface area contributed by atoms with Crippen LogP contribution in [0.1, 0.15) is 37.8 Å². The lowest BCUT2D eigenvalue weighted by Crippen LogP contribution is -2.50. The van der Waals surface area contributed by atoms with Gasteiger partial charge in [0, 0.05) is 7.05 Å². The van der Waals surface area contributed by atoms with Crippen LogP contribution in [-0.4, -0.2) is 34.1 Å². The number of nitrogens with two attached hydrogens (primary N) is 1. The molecule has 1 heterocycles. The molecule has 1 aliphatic rings. The van der Waals surface area contributed by atoms with Gasteiger partial charge in [0.2, 0.25) is 5.91 Å². The Labute approximate surface area is 133 Å². The molecule has 2 rings (SSSR count). The predicted molar refractivity (Wildman–Crippen MR) is 86.2 cm³/mol. The van der Waals surface area contributed by atoms with Crippen molar-refractivity contribution in [2.24, 2.45) is 0 Å². The molecule has 1 saturated carbocycles. The van der Waals surface area contributed by atoms with Crippen LogP contribution in [-0.2, 0) is 4.79 Å². The molecule has 1 aromatic rings. The zero-order chi connectivity index (χ0) is 15.5. The van der Waals surface area contributed by atoms with Crippen LogP contribution in [0.5, 0.6) is 0 Å². The van der Waals surface area contributed by atoms with Crippen molar-refractivity contribution in [3.8, 4) is 6.07 Å². The zero-order valence-corrected chi connectivity index (χ0v) is 14.0. The molecule has 0 atom stereocenters. The number of rotatable bonds is 4. The Morgan fingerprint density at radius 1 is 1.52 bits per heavy atom. The molecule has 0 radical (unpaired) electrons. The molecule has 7 heteroatoms. The van der Waals surface area contributed by atoms with E-state index in [0.29, 0.717) is 10.9 Å². The molecule has 0 bridgehead atoms. The van der Waals surface area contributed by atoms with Crippen molar-refractivity contribution in [3.05, 3.63) is 5.69 Å². The fraction of sp³-hybridized carbons (Fsp3) is 0.643. The molecular weight excluding hydrogens is 304 g/mol. The molecule has 5 nitrogen and oxygen atoms in total. The zero-order valence-electron chi connectivity index (χ0n) is 12.4. The van der Waals surface area contributed by atoms with Crippen molar-refractivity contribution in [3.63, 3.8) is 0 Å². The van der Waals surface area contributed by atoms with E-state index in [9.17, 15) is 10.1 Å². The van der Waals surface area contributed by atoms with Crippen LogP contribution >= 0.6 is 23.1 Å². The summed E-state index contributed by atoms with van der Waals surface area (Å²) >= 11 is 2.86. The van der Waals surface area contributed by atoms with Crippen molar-refractivity contribution in [1.82, 2.24) is 9.88 Å². The van der Waals surface area contributed by atoms with Gasteiger partial charge in [-0.15, -0.1) is 11.8 Å². The number of hydrogen-bond acceptors (Lipinski definition) is 6. The minimum absolute atomic E-state index is 0.00479. The molecule has 114 valence electrons. The maximum Gasteiger partial charge on any atom is 0.233 e. The molecule has 21 heavy (non-hydrogen) atoms. The van der Waals surface area contributed by atoms with E-state index in [-0.39, 0.29) is 5.91 Å². The number of aryl methyl sites for hydroxylation is 1. The monoisotopic (exact) mass is 324 g/mol. The van der Waals surface area contributed by atoms with Crippen LogP contribution in [0, 0.1) is 18.3 Å². The van der Waals surface area contributed by atoms with Gasteiger partial charge < -0.3 is 10.6 Å². The van der Waals surface area contributed by atoms with Crippen LogP contribution in [0.25, 0.3) is 0 Å². The number of aromatic nitrogens is 1. The summed E-state index contributed by atoms with van der Waals surface area (Å²) in [6.45, 7) is 1.89. The maximum atomic E-state index is 12.4. The maximum absolute atomic E-state index is 12.4. The molecule has 1 aliphatic carbocycles. The molecule has 0 aromatic carbocycles. The molecule has 0 saturated heterocycles. The SMILES string of the molecule is Cc1nc(N)sc1SCC(=O)N(C)C1(C#N)CCCCC1. The van der Waals surface area contributed by atoms with Crippen LogP contribution in [0.2, 0.25) is 0 Å². The van der Waals surface area contributed by atoms with Crippen molar-refractivity contribution in [1.29, 1.82) is 5.26 Å². The number of carbonyl (C=O) groups excluding carboxylic acids is 1. The van der Waals surface area contributed by atoms with E-state index in [2.05, 4.69) is 11.1 Å². The number of carbonyl (C=O) groups is 1. The van der Waals surface area contributed by atoms with Crippen LogP contribution in [0.3, 0.4) is 0 Å². The normalized spacial score (nSPS) is 17.2. The highest BCUT2D eigenvalue weighted by atomic mass is 32.2. The third-order valence-corrected chi connectivity index (χ3v) is 6.34. The minimum Gasteiger partial charge on any atom is -0.375 e. The second-order valence-corrected chi connectivity index (χ2v) is 7.65. The van der Waals surface area contributed by atoms with Crippen LogP contribution in [0.15, 0.2) is 4.21 Å². The molecule has 1 amide bonds. The first-order chi connectivity index (χ1) is 9.98. The summed E-state index contributed by atoms with van der Waals surface area (Å²) in [6.07, 6.45) is 4.75. The second kappa shape index (κ2) is 6.67. The van der Waals surface area contributed by atoms with Crippen LogP contribution in [0.4, 0.5) is 5.13 Å². The number of anilines is 1. The van der Waals surface area contributed by atoms with Gasteiger partial charge >= 0.3 is 0 Å². The Kier molecular flexibility index (Phi) is 5.12. The van der Waals surface area contributed by atoms with E-state index in [1.54, 1.807) is 11.9 Å². The Balaban J connectivity index is 1.99. The topological polar surface area (TPSA) is 83.0 Å². The molecule has 1 fully saturated rings. The Bertz CT molecular complexity index is 558. The van der Waals surface area contributed by atoms with Gasteiger partial charge in [0.1, 0.15) is 5.54 Å². The first kappa shape index (κ1) is 16.1. The van der Waals surface area contributed by atoms with E-state index in [4.69, 9.17) is 5.73 Å². The Hall–Kier alpha value is -1.26. The van der Waals surface area contributed by atoms with Gasteiger partial charge in [-0.2, -0.15) is 5.26 Å². The molecule has 0 aliphatic heterocycles. The highest BCUT2D eigenvalue weighted by Gasteiger charge is 2.38. The number of amides is 1. The number of thioether (sulfide) groups is 1. The summed E-state index contributed by atoms with van der Waals surface area (Å²) in [4.78, 5) is 18.2. The van der Waals surface area contributed by atoms with E-state index in [1.165, 1.54) is 23.1 Å². The van der Waals surface area contributed by atoms with Crippen molar-refractivity contribution < 1.29 is 4.79 Å². The van der Waals surface area contributed by atoms with Gasteiger partial charge in [-0.05, 0) is 19.8 Å². The van der Waals surface area contributed by atoms with E-state index < -0.39 is 5.54 Å². The highest BCUT2D eigenvalue weighted by molar-refractivity contribution is 8.01. The van der Waals surface area contributed by atoms with Crippen LogP contribution < -0.4 is 5.73 Å². The smallest absolute Gasteiger partial charge is 0.233 e. The van der Waals surface area contributed by atoms with Crippen molar-refractivity contribution in [2.75, 3.05) is 18.5 Å². The fourth-order valence-corrected chi connectivity index (χ4v) is 4.60. The Morgan fingerprint density at radius 3 is 2.71 bits per heavy atom. The first-order valence-corrected chi connectivity index (χ1v) is 8.82. The number of nitriles is 1. The lowest BCUT2D eigenvalue weighted by atomic mass is 9.81. The third kappa shape index (κ3) is 3.50. The first-order valence-electron chi connectivity index (χ1n) is 7.02. The Morgan fingerprint density at radius 2 is 2.19 bits per heavy atom. The number of nitrogens with zero attached hydrogens (tertiary/aromatic N) is 3. The molecule has 1 aromatic heterocycles. The van der Waals surface area contributed by atoms with E-state index in [1.807, 2.05) is 6.92 Å². The number of hydrogen-bond donors (Lipinski definition) is 1. The van der Waals surface area contributed by atoms with Crippen molar-refractivity contribution >= 4 is 34.1 Å². The van der Waals surface area contributed by atoms with Gasteiger partial charge in [-0.25, -0.2) is 4.98 Å². The average Bonchev–Trinajstić information content (AvgIpc) is 2.82. The number of thiazole rings is 1. The summed E-state index contributed by atoms with van der Waals surface area (Å²) in [5, 5.41) is 10.0. The predicted octanol–water partition coefficient (Wildman–Crippen LogP) is 2.81. The quantitative estimate of drug-likeness (QED) is 0.861. The summed E-state index contributed by atoms with van der Waals surface area (Å²) in [6, 6.07) is 2.38. The lowest BCUT2D eigenvalue weighted by Gasteiger charge is -2.39. The second-order valence-electron chi connectivity index (χ2n) is 5.37. The average molecular weight is 324 g/mol. The molecule has 2 N–H and O–H groups in total. The number of nitrogen functional groups attached to an aromatic ring is 1. The summed E-state index contributed by atoms with van der Waals surface area (Å²) in [5.74, 6) is 0.317. The van der Waals surface area contributed by atoms with Crippen molar-refractivity contribution in [2.45, 2.75) is 48.8 Å². The third-order valence-electron chi connectivity index (χ3n) is 4.00. The standard InChI is InChI=1S/C14H20N4OS2/c1-10-12(21-13(16)17-10)20-8-11(19)18(2)14(9-15)6-4-3-5-7-14/h3-8H2,1-2H3,(H2,16,17). The summed E-state index contributed by atoms with van der Waals surface area (Å²) < 4.78 is 0.976. The summed E-state index contributed by atoms with van der Waals surface area (Å²) in [7, 11) is 1.76.